The number of nitrogens with zero attached hydrogens (tertiary/aromatic N) is 3. The van der Waals surface area contributed by atoms with Crippen LogP contribution in [0.3, 0.4) is 0 Å². The molecule has 2 saturated heterocycles. The Kier molecular flexibility index (Phi) is 4.40. The molecule has 3 aliphatic rings. The summed E-state index contributed by atoms with van der Waals surface area (Å²) >= 11 is 0. The molecule has 1 spiro atoms. The highest BCUT2D eigenvalue weighted by atomic mass is 15.3. The van der Waals surface area contributed by atoms with Crippen LogP contribution in [-0.2, 0) is 0 Å². The molecule has 3 heteroatoms. The van der Waals surface area contributed by atoms with E-state index < -0.39 is 0 Å². The molecule has 0 aromatic rings. The molecule has 0 aromatic heterocycles. The highest BCUT2D eigenvalue weighted by Crippen LogP contribution is 2.50. The fourth-order valence-electron chi connectivity index (χ4n) is 4.53. The second-order valence-corrected chi connectivity index (χ2v) is 7.87. The van der Waals surface area contributed by atoms with E-state index in [4.69, 9.17) is 0 Å². The molecule has 3 fully saturated rings. The average molecular weight is 279 g/mol. The van der Waals surface area contributed by atoms with E-state index in [2.05, 4.69) is 35.7 Å². The average Bonchev–Trinajstić information content (AvgIpc) is 2.29. The van der Waals surface area contributed by atoms with Crippen LogP contribution < -0.4 is 0 Å². The summed E-state index contributed by atoms with van der Waals surface area (Å²) in [6.45, 7) is 9.01. The Bertz CT molecular complexity index is 310. The largest absolute Gasteiger partial charge is 0.303 e. The number of unbranched alkanes of at least 4 members (excludes halogenated alkanes) is 3. The van der Waals surface area contributed by atoms with Gasteiger partial charge in [0, 0.05) is 38.3 Å². The first kappa shape index (κ1) is 14.8. The molecule has 1 aliphatic carbocycles. The minimum atomic E-state index is 0.735. The van der Waals surface area contributed by atoms with Crippen molar-refractivity contribution in [2.45, 2.75) is 57.5 Å². The van der Waals surface area contributed by atoms with Crippen molar-refractivity contribution in [3.63, 3.8) is 0 Å². The van der Waals surface area contributed by atoms with E-state index in [1.807, 2.05) is 0 Å². The molecule has 0 bridgehead atoms. The molecule has 2 heterocycles. The van der Waals surface area contributed by atoms with Gasteiger partial charge in [0.05, 0.1) is 0 Å². The lowest BCUT2D eigenvalue weighted by Crippen LogP contribution is -2.69. The van der Waals surface area contributed by atoms with Gasteiger partial charge in [0.15, 0.2) is 0 Å². The van der Waals surface area contributed by atoms with Crippen molar-refractivity contribution in [3.05, 3.63) is 0 Å². The third-order valence-corrected chi connectivity index (χ3v) is 5.98. The predicted molar refractivity (Wildman–Crippen MR) is 85.1 cm³/mol. The Morgan fingerprint density at radius 1 is 1.05 bits per heavy atom. The van der Waals surface area contributed by atoms with Crippen molar-refractivity contribution in [1.29, 1.82) is 0 Å². The van der Waals surface area contributed by atoms with Gasteiger partial charge in [-0.15, -0.1) is 0 Å². The first-order valence-corrected chi connectivity index (χ1v) is 8.75. The molecule has 20 heavy (non-hydrogen) atoms. The van der Waals surface area contributed by atoms with Crippen LogP contribution in [0.25, 0.3) is 0 Å². The van der Waals surface area contributed by atoms with Gasteiger partial charge >= 0.3 is 0 Å². The number of hydrogen-bond donors (Lipinski definition) is 0. The Hall–Kier alpha value is -0.120. The molecule has 3 nitrogen and oxygen atoms in total. The standard InChI is InChI=1S/C17H33N3/c1-4-5-6-7-8-20-13-17(14-20)9-15(10-17)19(3)16-11-18(2)12-16/h15-16H,4-14H2,1-3H3. The summed E-state index contributed by atoms with van der Waals surface area (Å²) < 4.78 is 0. The summed E-state index contributed by atoms with van der Waals surface area (Å²) in [5.41, 5.74) is 0.735. The molecule has 0 atom stereocenters. The third-order valence-electron chi connectivity index (χ3n) is 5.98. The van der Waals surface area contributed by atoms with Crippen LogP contribution in [0.4, 0.5) is 0 Å². The van der Waals surface area contributed by atoms with Crippen LogP contribution in [0.1, 0.15) is 45.4 Å². The molecule has 0 unspecified atom stereocenters. The van der Waals surface area contributed by atoms with Gasteiger partial charge < -0.3 is 9.80 Å². The zero-order valence-electron chi connectivity index (χ0n) is 13.8. The lowest BCUT2D eigenvalue weighted by Gasteiger charge is -2.62. The summed E-state index contributed by atoms with van der Waals surface area (Å²) in [5.74, 6) is 0. The number of hydrogen-bond acceptors (Lipinski definition) is 3. The SMILES string of the molecule is CCCCCCN1CC2(CC(N(C)C3CN(C)C3)C2)C1. The second kappa shape index (κ2) is 5.94. The van der Waals surface area contributed by atoms with Crippen molar-refractivity contribution in [2.75, 3.05) is 46.8 Å². The Labute approximate surface area is 125 Å². The van der Waals surface area contributed by atoms with E-state index in [9.17, 15) is 0 Å². The topological polar surface area (TPSA) is 9.72 Å². The maximum Gasteiger partial charge on any atom is 0.0350 e. The molecule has 3 rings (SSSR count). The zero-order valence-corrected chi connectivity index (χ0v) is 13.8. The van der Waals surface area contributed by atoms with E-state index in [1.165, 1.54) is 71.2 Å². The smallest absolute Gasteiger partial charge is 0.0350 e. The molecule has 0 amide bonds. The zero-order chi connectivity index (χ0) is 14.2. The lowest BCUT2D eigenvalue weighted by atomic mass is 9.60. The fourth-order valence-corrected chi connectivity index (χ4v) is 4.53. The monoisotopic (exact) mass is 279 g/mol. The minimum absolute atomic E-state index is 0.735. The first-order valence-electron chi connectivity index (χ1n) is 8.75. The van der Waals surface area contributed by atoms with Crippen LogP contribution in [0.2, 0.25) is 0 Å². The van der Waals surface area contributed by atoms with Crippen molar-refractivity contribution in [2.24, 2.45) is 5.41 Å². The number of likely N-dealkylation sites (N-methyl/N-ethyl adjacent to an activating group) is 2. The van der Waals surface area contributed by atoms with Gasteiger partial charge in [-0.05, 0) is 45.3 Å². The predicted octanol–water partition coefficient (Wildman–Crippen LogP) is 2.28. The van der Waals surface area contributed by atoms with E-state index in [0.717, 1.165) is 17.5 Å². The van der Waals surface area contributed by atoms with Gasteiger partial charge in [-0.1, -0.05) is 26.2 Å². The van der Waals surface area contributed by atoms with Gasteiger partial charge in [-0.25, -0.2) is 0 Å². The molecular weight excluding hydrogens is 246 g/mol. The molecule has 0 N–H and O–H groups in total. The van der Waals surface area contributed by atoms with Crippen LogP contribution in [-0.4, -0.2) is 73.6 Å². The Balaban J connectivity index is 1.29. The Morgan fingerprint density at radius 2 is 1.75 bits per heavy atom. The van der Waals surface area contributed by atoms with E-state index >= 15 is 0 Å². The van der Waals surface area contributed by atoms with Gasteiger partial charge in [-0.2, -0.15) is 0 Å². The maximum absolute atomic E-state index is 2.70. The van der Waals surface area contributed by atoms with Crippen LogP contribution in [0, 0.1) is 5.41 Å². The van der Waals surface area contributed by atoms with Crippen LogP contribution in [0.15, 0.2) is 0 Å². The fraction of sp³-hybridized carbons (Fsp3) is 1.00. The third kappa shape index (κ3) is 2.90. The summed E-state index contributed by atoms with van der Waals surface area (Å²) in [4.78, 5) is 7.80. The maximum atomic E-state index is 2.70. The molecule has 0 radical (unpaired) electrons. The van der Waals surface area contributed by atoms with Gasteiger partial charge in [0.25, 0.3) is 0 Å². The first-order chi connectivity index (χ1) is 9.62. The van der Waals surface area contributed by atoms with Crippen molar-refractivity contribution in [3.8, 4) is 0 Å². The van der Waals surface area contributed by atoms with Gasteiger partial charge in [-0.3, -0.25) is 4.90 Å². The van der Waals surface area contributed by atoms with E-state index in [0.29, 0.717) is 0 Å². The lowest BCUT2D eigenvalue weighted by molar-refractivity contribution is -0.121. The quantitative estimate of drug-likeness (QED) is 0.662. The van der Waals surface area contributed by atoms with E-state index in [-0.39, 0.29) is 0 Å². The Morgan fingerprint density at radius 3 is 2.35 bits per heavy atom. The van der Waals surface area contributed by atoms with Crippen molar-refractivity contribution < 1.29 is 0 Å². The van der Waals surface area contributed by atoms with Crippen LogP contribution >= 0.6 is 0 Å². The van der Waals surface area contributed by atoms with Crippen LogP contribution in [0.5, 0.6) is 0 Å². The molecule has 2 aliphatic heterocycles. The minimum Gasteiger partial charge on any atom is -0.303 e. The van der Waals surface area contributed by atoms with Crippen molar-refractivity contribution >= 4 is 0 Å². The van der Waals surface area contributed by atoms with Gasteiger partial charge in [0.2, 0.25) is 0 Å². The van der Waals surface area contributed by atoms with Crippen molar-refractivity contribution in [1.82, 2.24) is 14.7 Å². The molecule has 116 valence electrons. The molecule has 1 saturated carbocycles. The highest BCUT2D eigenvalue weighted by molar-refractivity contribution is 5.08. The summed E-state index contributed by atoms with van der Waals surface area (Å²) in [6.07, 6.45) is 8.56. The highest BCUT2D eigenvalue weighted by Gasteiger charge is 2.53. The molecular formula is C17H33N3. The van der Waals surface area contributed by atoms with E-state index in [1.54, 1.807) is 0 Å². The summed E-state index contributed by atoms with van der Waals surface area (Å²) in [7, 11) is 4.59. The number of likely N-dealkylation sites (tertiary alicyclic amines) is 2. The summed E-state index contributed by atoms with van der Waals surface area (Å²) in [6, 6.07) is 1.73. The summed E-state index contributed by atoms with van der Waals surface area (Å²) in [5, 5.41) is 0. The normalized spacial score (nSPS) is 27.6. The molecule has 0 aromatic carbocycles. The van der Waals surface area contributed by atoms with Gasteiger partial charge in [0.1, 0.15) is 0 Å². The number of rotatable bonds is 7. The second-order valence-electron chi connectivity index (χ2n) is 7.87.